The molecule has 5 rings (SSSR count). The summed E-state index contributed by atoms with van der Waals surface area (Å²) >= 11 is 19.2. The molecule has 7 heteroatoms. The Morgan fingerprint density at radius 1 is 1.03 bits per heavy atom. The molecule has 3 aromatic carbocycles. The number of amides is 1. The highest BCUT2D eigenvalue weighted by molar-refractivity contribution is 6.45. The van der Waals surface area contributed by atoms with Crippen LogP contribution in [-0.2, 0) is 0 Å². The van der Waals surface area contributed by atoms with E-state index in [0.717, 1.165) is 33.3 Å². The number of rotatable bonds is 4. The monoisotopic (exact) mass is 512 g/mol. The van der Waals surface area contributed by atoms with E-state index in [1.54, 1.807) is 12.1 Å². The molecule has 1 atom stereocenters. The lowest BCUT2D eigenvalue weighted by Gasteiger charge is -2.27. The summed E-state index contributed by atoms with van der Waals surface area (Å²) in [5.41, 5.74) is 4.13. The Hall–Kier alpha value is -2.66. The number of hydrogen-bond donors (Lipinski definition) is 1. The Labute approximate surface area is 213 Å². The molecule has 0 bridgehead atoms. The highest BCUT2D eigenvalue weighted by Crippen LogP contribution is 2.41. The predicted molar refractivity (Wildman–Crippen MR) is 140 cm³/mol. The molecule has 4 aromatic rings. The van der Waals surface area contributed by atoms with E-state index in [4.69, 9.17) is 39.5 Å². The van der Waals surface area contributed by atoms with Crippen LogP contribution >= 0.6 is 34.8 Å². The lowest BCUT2D eigenvalue weighted by Crippen LogP contribution is -2.33. The van der Waals surface area contributed by atoms with Gasteiger partial charge in [-0.25, -0.2) is 0 Å². The van der Waals surface area contributed by atoms with Gasteiger partial charge in [0.2, 0.25) is 0 Å². The maximum absolute atomic E-state index is 13.6. The third-order valence-electron chi connectivity index (χ3n) is 6.18. The molecule has 2 heterocycles. The van der Waals surface area contributed by atoms with E-state index in [2.05, 4.69) is 23.7 Å². The van der Waals surface area contributed by atoms with Crippen molar-refractivity contribution in [3.05, 3.63) is 87.0 Å². The molecule has 0 radical (unpaired) electrons. The fraction of sp³-hybridized carbons (Fsp3) is 0.222. The van der Waals surface area contributed by atoms with Crippen LogP contribution in [0, 0.1) is 0 Å². The molecule has 0 spiro atoms. The van der Waals surface area contributed by atoms with Gasteiger partial charge < -0.3 is 14.6 Å². The molecule has 1 amide bonds. The summed E-state index contributed by atoms with van der Waals surface area (Å²) in [6.45, 7) is 4.69. The molecule has 174 valence electrons. The second-order valence-electron chi connectivity index (χ2n) is 8.68. The quantitative estimate of drug-likeness (QED) is 0.280. The highest BCUT2D eigenvalue weighted by atomic mass is 35.5. The van der Waals surface area contributed by atoms with Gasteiger partial charge >= 0.3 is 0 Å². The Balaban J connectivity index is 1.61. The van der Waals surface area contributed by atoms with E-state index in [9.17, 15) is 4.79 Å². The number of ether oxygens (including phenoxy) is 1. The lowest BCUT2D eigenvalue weighted by molar-refractivity contribution is 0.0914. The molecule has 0 aliphatic carbocycles. The van der Waals surface area contributed by atoms with Crippen LogP contribution in [-0.4, -0.2) is 17.1 Å². The summed E-state index contributed by atoms with van der Waals surface area (Å²) in [6.07, 6.45) is 0.715. The van der Waals surface area contributed by atoms with Gasteiger partial charge in [-0.05, 0) is 49.7 Å². The number of para-hydroxylation sites is 1. The van der Waals surface area contributed by atoms with Crippen molar-refractivity contribution in [2.45, 2.75) is 32.4 Å². The first-order valence-electron chi connectivity index (χ1n) is 11.2. The Morgan fingerprint density at radius 2 is 1.82 bits per heavy atom. The van der Waals surface area contributed by atoms with Gasteiger partial charge in [-0.3, -0.25) is 4.79 Å². The van der Waals surface area contributed by atoms with Gasteiger partial charge in [0, 0.05) is 39.5 Å². The molecular formula is C27H23Cl3N2O2. The largest absolute Gasteiger partial charge is 0.493 e. The molecule has 1 N–H and O–H groups in total. The van der Waals surface area contributed by atoms with Gasteiger partial charge in [-0.2, -0.15) is 0 Å². The zero-order valence-electron chi connectivity index (χ0n) is 18.7. The number of benzene rings is 3. The van der Waals surface area contributed by atoms with Crippen LogP contribution in [0.15, 0.2) is 60.7 Å². The second-order valence-corrected chi connectivity index (χ2v) is 9.90. The zero-order chi connectivity index (χ0) is 24.0. The van der Waals surface area contributed by atoms with E-state index in [1.165, 1.54) is 0 Å². The normalized spacial score (nSPS) is 15.3. The average Bonchev–Trinajstić information content (AvgIpc) is 3.22. The third kappa shape index (κ3) is 4.04. The van der Waals surface area contributed by atoms with Crippen molar-refractivity contribution in [3.63, 3.8) is 0 Å². The van der Waals surface area contributed by atoms with E-state index in [0.29, 0.717) is 33.8 Å². The first kappa shape index (κ1) is 23.1. The maximum atomic E-state index is 13.6. The molecule has 0 fully saturated rings. The third-order valence-corrected chi connectivity index (χ3v) is 7.20. The summed E-state index contributed by atoms with van der Waals surface area (Å²) in [7, 11) is 0. The van der Waals surface area contributed by atoms with Crippen molar-refractivity contribution in [2.24, 2.45) is 0 Å². The number of carbonyl (C=O) groups is 1. The lowest BCUT2D eigenvalue weighted by atomic mass is 10.0. The molecule has 0 saturated heterocycles. The van der Waals surface area contributed by atoms with Crippen molar-refractivity contribution >= 4 is 51.6 Å². The van der Waals surface area contributed by atoms with Crippen LogP contribution in [0.5, 0.6) is 5.75 Å². The standard InChI is InChI=1S/C27H23Cl3N2O2/c1-15(2)32-23-8-5-7-17(20-12-16(28)13-21(29)26(20)30)19(23)14-24(32)27(33)31-22-10-11-34-25-9-4-3-6-18(22)25/h3-9,12-15,22H,10-11H2,1-2H3,(H,31,33). The fourth-order valence-corrected chi connectivity index (χ4v) is 5.40. The van der Waals surface area contributed by atoms with Gasteiger partial charge in [0.05, 0.1) is 22.7 Å². The minimum atomic E-state index is -0.132. The summed E-state index contributed by atoms with van der Waals surface area (Å²) < 4.78 is 7.81. The molecule has 1 unspecified atom stereocenters. The number of hydrogen-bond acceptors (Lipinski definition) is 2. The molecule has 4 nitrogen and oxygen atoms in total. The van der Waals surface area contributed by atoms with Crippen molar-refractivity contribution < 1.29 is 9.53 Å². The second kappa shape index (κ2) is 9.18. The Bertz CT molecular complexity index is 1410. The summed E-state index contributed by atoms with van der Waals surface area (Å²) in [6, 6.07) is 19.1. The predicted octanol–water partition coefficient (Wildman–Crippen LogP) is 8.10. The fourth-order valence-electron chi connectivity index (χ4n) is 4.69. The molecular weight excluding hydrogens is 491 g/mol. The van der Waals surface area contributed by atoms with Gasteiger partial charge in [-0.1, -0.05) is 65.1 Å². The van der Waals surface area contributed by atoms with Gasteiger partial charge in [-0.15, -0.1) is 0 Å². The van der Waals surface area contributed by atoms with Gasteiger partial charge in [0.15, 0.2) is 0 Å². The number of fused-ring (bicyclic) bond motifs is 2. The number of nitrogens with zero attached hydrogens (tertiary/aromatic N) is 1. The van der Waals surface area contributed by atoms with Crippen LogP contribution in [0.2, 0.25) is 15.1 Å². The van der Waals surface area contributed by atoms with Gasteiger partial charge in [0.1, 0.15) is 11.4 Å². The first-order chi connectivity index (χ1) is 16.3. The van der Waals surface area contributed by atoms with Crippen LogP contribution in [0.1, 0.15) is 48.4 Å². The van der Waals surface area contributed by atoms with Crippen LogP contribution in [0.3, 0.4) is 0 Å². The minimum absolute atomic E-state index is 0.0638. The molecule has 1 aliphatic heterocycles. The highest BCUT2D eigenvalue weighted by Gasteiger charge is 2.26. The van der Waals surface area contributed by atoms with Crippen molar-refractivity contribution in [1.29, 1.82) is 0 Å². The van der Waals surface area contributed by atoms with Crippen molar-refractivity contribution in [1.82, 2.24) is 9.88 Å². The number of halogens is 3. The number of nitrogens with one attached hydrogen (secondary N) is 1. The Kier molecular flexibility index (Phi) is 6.24. The van der Waals surface area contributed by atoms with E-state index < -0.39 is 0 Å². The van der Waals surface area contributed by atoms with Crippen molar-refractivity contribution in [2.75, 3.05) is 6.61 Å². The summed E-state index contributed by atoms with van der Waals surface area (Å²) in [5.74, 6) is 0.686. The number of aromatic nitrogens is 1. The van der Waals surface area contributed by atoms with E-state index in [-0.39, 0.29) is 18.0 Å². The van der Waals surface area contributed by atoms with Crippen molar-refractivity contribution in [3.8, 4) is 16.9 Å². The topological polar surface area (TPSA) is 43.3 Å². The summed E-state index contributed by atoms with van der Waals surface area (Å²) in [5, 5.41) is 5.46. The SMILES string of the molecule is CC(C)n1c(C(=O)NC2CCOc3ccccc32)cc2c(-c3cc(Cl)cc(Cl)c3Cl)cccc21. The smallest absolute Gasteiger partial charge is 0.268 e. The first-order valence-corrected chi connectivity index (χ1v) is 12.3. The molecule has 1 aromatic heterocycles. The molecule has 1 aliphatic rings. The van der Waals surface area contributed by atoms with E-state index >= 15 is 0 Å². The van der Waals surface area contributed by atoms with E-state index in [1.807, 2.05) is 48.5 Å². The number of carbonyl (C=O) groups excluding carboxylic acids is 1. The Morgan fingerprint density at radius 3 is 2.62 bits per heavy atom. The maximum Gasteiger partial charge on any atom is 0.268 e. The molecule has 34 heavy (non-hydrogen) atoms. The zero-order valence-corrected chi connectivity index (χ0v) is 21.0. The van der Waals surface area contributed by atoms with Crippen LogP contribution < -0.4 is 10.1 Å². The van der Waals surface area contributed by atoms with Crippen LogP contribution in [0.4, 0.5) is 0 Å². The minimum Gasteiger partial charge on any atom is -0.493 e. The van der Waals surface area contributed by atoms with Crippen LogP contribution in [0.25, 0.3) is 22.0 Å². The van der Waals surface area contributed by atoms with Gasteiger partial charge in [0.25, 0.3) is 5.91 Å². The molecule has 0 saturated carbocycles. The summed E-state index contributed by atoms with van der Waals surface area (Å²) in [4.78, 5) is 13.6. The average molecular weight is 514 g/mol.